The van der Waals surface area contributed by atoms with Crippen molar-refractivity contribution in [2.45, 2.75) is 19.5 Å². The molecule has 2 fully saturated rings. The first-order valence-electron chi connectivity index (χ1n) is 12.6. The van der Waals surface area contributed by atoms with E-state index in [2.05, 4.69) is 9.84 Å². The van der Waals surface area contributed by atoms with Gasteiger partial charge in [0.05, 0.1) is 24.7 Å². The summed E-state index contributed by atoms with van der Waals surface area (Å²) in [5.74, 6) is -1.23. The van der Waals surface area contributed by atoms with Crippen molar-refractivity contribution in [3.8, 4) is 0 Å². The van der Waals surface area contributed by atoms with Gasteiger partial charge in [0.2, 0.25) is 5.91 Å². The minimum Gasteiger partial charge on any atom is -0.388 e. The number of morpholine rings is 1. The van der Waals surface area contributed by atoms with Crippen molar-refractivity contribution in [2.75, 3.05) is 90.6 Å². The molecule has 0 unspecified atom stereocenters. The van der Waals surface area contributed by atoms with Gasteiger partial charge in [-0.25, -0.2) is 0 Å². The van der Waals surface area contributed by atoms with E-state index in [-0.39, 0.29) is 24.9 Å². The van der Waals surface area contributed by atoms with Gasteiger partial charge < -0.3 is 24.2 Å². The Morgan fingerprint density at radius 2 is 1.74 bits per heavy atom. The van der Waals surface area contributed by atoms with E-state index in [1.165, 1.54) is 0 Å². The van der Waals surface area contributed by atoms with Crippen LogP contribution in [0.5, 0.6) is 0 Å². The fraction of sp³-hybridized carbons (Fsp3) is 0.640. The highest BCUT2D eigenvalue weighted by Gasteiger charge is 2.36. The molecule has 0 atom stereocenters. The van der Waals surface area contributed by atoms with Gasteiger partial charge in [-0.3, -0.25) is 14.6 Å². The van der Waals surface area contributed by atoms with E-state index >= 15 is 0 Å². The van der Waals surface area contributed by atoms with Crippen LogP contribution in [-0.2, 0) is 14.3 Å². The molecule has 2 heterocycles. The minimum absolute atomic E-state index is 0.121. The molecular formula is C25H36Cl2F3N5O4. The summed E-state index contributed by atoms with van der Waals surface area (Å²) in [5.41, 5.74) is 0.0967. The third-order valence-electron chi connectivity index (χ3n) is 6.08. The molecule has 220 valence electrons. The number of alkyl halides is 4. The Kier molecular flexibility index (Phi) is 13.6. The van der Waals surface area contributed by atoms with Crippen LogP contribution < -0.4 is 4.90 Å². The van der Waals surface area contributed by atoms with E-state index in [4.69, 9.17) is 27.9 Å². The van der Waals surface area contributed by atoms with Crippen LogP contribution in [0.15, 0.2) is 23.3 Å². The van der Waals surface area contributed by atoms with E-state index in [0.29, 0.717) is 69.5 Å². The van der Waals surface area contributed by atoms with Crippen LogP contribution in [0.25, 0.3) is 0 Å². The van der Waals surface area contributed by atoms with E-state index in [9.17, 15) is 22.8 Å². The Labute approximate surface area is 237 Å². The van der Waals surface area contributed by atoms with E-state index in [1.807, 2.05) is 11.0 Å². The highest BCUT2D eigenvalue weighted by molar-refractivity contribution is 6.31. The third-order valence-corrected chi connectivity index (χ3v) is 6.56. The van der Waals surface area contributed by atoms with Crippen LogP contribution >= 0.6 is 23.2 Å². The third kappa shape index (κ3) is 10.0. The Hall–Kier alpha value is -2.28. The molecule has 1 aromatic rings. The van der Waals surface area contributed by atoms with Crippen LogP contribution in [0.2, 0.25) is 5.02 Å². The molecule has 0 bridgehead atoms. The molecule has 0 spiro atoms. The molecule has 1 aromatic carbocycles. The molecule has 14 heteroatoms. The summed E-state index contributed by atoms with van der Waals surface area (Å²) < 4.78 is 48.6. The van der Waals surface area contributed by atoms with Crippen LogP contribution in [-0.4, -0.2) is 124 Å². The number of carbonyl (C=O) groups excluding carboxylic acids is 2. The first kappa shape index (κ1) is 32.9. The summed E-state index contributed by atoms with van der Waals surface area (Å²) in [5, 5.41) is 5.09. The molecule has 2 saturated heterocycles. The molecule has 0 radical (unpaired) electrons. The average Bonchev–Trinajstić information content (AvgIpc) is 3.17. The van der Waals surface area contributed by atoms with E-state index in [1.54, 1.807) is 43.1 Å². The fourth-order valence-electron chi connectivity index (χ4n) is 4.10. The summed E-state index contributed by atoms with van der Waals surface area (Å²) in [6, 6.07) is 5.20. The Balaban J connectivity index is 0.00000170. The number of hydrazone groups is 1. The average molecular weight is 598 g/mol. The molecule has 2 aliphatic heterocycles. The maximum Gasteiger partial charge on any atom is 0.432 e. The zero-order valence-corrected chi connectivity index (χ0v) is 24.0. The first-order chi connectivity index (χ1) is 18.5. The minimum atomic E-state index is -4.66. The van der Waals surface area contributed by atoms with Gasteiger partial charge in [-0.1, -0.05) is 11.6 Å². The van der Waals surface area contributed by atoms with Gasteiger partial charge in [0.15, 0.2) is 5.71 Å². The Bertz CT molecular complexity index is 978. The maximum atomic E-state index is 13.2. The summed E-state index contributed by atoms with van der Waals surface area (Å²) in [6.45, 7) is 5.30. The normalized spacial score (nSPS) is 16.8. The summed E-state index contributed by atoms with van der Waals surface area (Å²) >= 11 is 11.6. The maximum absolute atomic E-state index is 13.2. The lowest BCUT2D eigenvalue weighted by atomic mass is 10.1. The number of ether oxygens (including phenoxy) is 2. The molecule has 2 amide bonds. The topological polar surface area (TPSA) is 77.9 Å². The van der Waals surface area contributed by atoms with Crippen molar-refractivity contribution in [3.05, 3.63) is 28.8 Å². The highest BCUT2D eigenvalue weighted by Crippen LogP contribution is 2.27. The molecule has 0 aromatic heterocycles. The van der Waals surface area contributed by atoms with Crippen molar-refractivity contribution in [1.29, 1.82) is 0 Å². The number of hydrogen-bond acceptors (Lipinski definition) is 7. The van der Waals surface area contributed by atoms with Gasteiger partial charge in [0, 0.05) is 70.7 Å². The molecule has 3 rings (SSSR count). The molecule has 39 heavy (non-hydrogen) atoms. The lowest BCUT2D eigenvalue weighted by molar-refractivity contribution is -0.132. The lowest BCUT2D eigenvalue weighted by Gasteiger charge is -2.30. The van der Waals surface area contributed by atoms with Crippen molar-refractivity contribution in [1.82, 2.24) is 14.8 Å². The predicted molar refractivity (Wildman–Crippen MR) is 146 cm³/mol. The monoisotopic (exact) mass is 597 g/mol. The number of amides is 2. The Morgan fingerprint density at radius 1 is 1.08 bits per heavy atom. The zero-order valence-electron chi connectivity index (χ0n) is 22.5. The van der Waals surface area contributed by atoms with Gasteiger partial charge in [-0.15, -0.1) is 11.6 Å². The quantitative estimate of drug-likeness (QED) is 0.271. The van der Waals surface area contributed by atoms with Gasteiger partial charge in [-0.05, 0) is 31.5 Å². The van der Waals surface area contributed by atoms with Gasteiger partial charge in [0.25, 0.3) is 5.91 Å². The highest BCUT2D eigenvalue weighted by atomic mass is 35.5. The van der Waals surface area contributed by atoms with Crippen LogP contribution in [0.1, 0.15) is 23.7 Å². The van der Waals surface area contributed by atoms with E-state index in [0.717, 1.165) is 10.7 Å². The molecule has 0 saturated carbocycles. The molecule has 2 aliphatic rings. The van der Waals surface area contributed by atoms with Crippen LogP contribution in [0.3, 0.4) is 0 Å². The van der Waals surface area contributed by atoms with Crippen molar-refractivity contribution in [2.24, 2.45) is 5.10 Å². The number of likely N-dealkylation sites (N-methyl/N-ethyl adjacent to an activating group) is 1. The summed E-state index contributed by atoms with van der Waals surface area (Å²) in [7, 11) is 3.25. The van der Waals surface area contributed by atoms with Gasteiger partial charge in [0.1, 0.15) is 6.54 Å². The summed E-state index contributed by atoms with van der Waals surface area (Å²) in [4.78, 5) is 31.5. The SMILES string of the molecule is CCN(CC(=O)N1CCCN(c2ccc(Cl)cc2C(=O)N2CCOCC2)CC1)/N=C(\CCl)C(F)(F)F.COC. The largest absolute Gasteiger partial charge is 0.432 e. The van der Waals surface area contributed by atoms with Gasteiger partial charge in [-0.2, -0.15) is 18.3 Å². The van der Waals surface area contributed by atoms with Crippen LogP contribution in [0, 0.1) is 0 Å². The van der Waals surface area contributed by atoms with Gasteiger partial charge >= 0.3 is 6.18 Å². The lowest BCUT2D eigenvalue weighted by Crippen LogP contribution is -2.42. The number of benzene rings is 1. The predicted octanol–water partition coefficient (Wildman–Crippen LogP) is 3.59. The second-order valence-corrected chi connectivity index (χ2v) is 9.56. The number of anilines is 1. The molecule has 0 N–H and O–H groups in total. The second kappa shape index (κ2) is 16.1. The van der Waals surface area contributed by atoms with Crippen molar-refractivity contribution < 1.29 is 32.2 Å². The number of hydrogen-bond donors (Lipinski definition) is 0. The zero-order chi connectivity index (χ0) is 29.0. The number of rotatable bonds is 7. The summed E-state index contributed by atoms with van der Waals surface area (Å²) in [6.07, 6.45) is -4.03. The number of methoxy groups -OCH3 is 1. The molecule has 9 nitrogen and oxygen atoms in total. The first-order valence-corrected chi connectivity index (χ1v) is 13.5. The molecular weight excluding hydrogens is 562 g/mol. The fourth-order valence-corrected chi connectivity index (χ4v) is 4.48. The standard InChI is InChI=1S/C23H30Cl2F3N5O3.C2H6O/c1-2-33(29-20(15-24)23(26,27)28)16-21(34)31-7-3-6-30(8-9-31)19-5-4-17(25)14-18(19)22(35)32-10-12-36-13-11-32;1-3-2/h4-5,14H,2-3,6-13,15-16H2,1H3;1-2H3/b29-20+;. The number of carbonyl (C=O) groups is 2. The van der Waals surface area contributed by atoms with Crippen molar-refractivity contribution in [3.63, 3.8) is 0 Å². The molecule has 0 aliphatic carbocycles. The smallest absolute Gasteiger partial charge is 0.388 e. The van der Waals surface area contributed by atoms with Crippen LogP contribution in [0.4, 0.5) is 18.9 Å². The number of halogens is 5. The van der Waals surface area contributed by atoms with Crippen molar-refractivity contribution >= 4 is 46.4 Å². The number of nitrogens with zero attached hydrogens (tertiary/aromatic N) is 5. The second-order valence-electron chi connectivity index (χ2n) is 8.85. The van der Waals surface area contributed by atoms with E-state index < -0.39 is 17.8 Å². The Morgan fingerprint density at radius 3 is 2.33 bits per heavy atom.